The molecular formula is C17H14ClN5S. The molecule has 3 aromatic rings. The first kappa shape index (κ1) is 14.3. The van der Waals surface area contributed by atoms with Gasteiger partial charge in [0.2, 0.25) is 0 Å². The van der Waals surface area contributed by atoms with Crippen LogP contribution >= 0.6 is 23.1 Å². The molecule has 0 atom stereocenters. The van der Waals surface area contributed by atoms with Crippen LogP contribution in [0.5, 0.6) is 0 Å². The summed E-state index contributed by atoms with van der Waals surface area (Å²) in [4.78, 5) is 6.31. The summed E-state index contributed by atoms with van der Waals surface area (Å²) in [7, 11) is 0. The number of aryl methyl sites for hydroxylation is 2. The molecule has 0 amide bonds. The lowest BCUT2D eigenvalue weighted by atomic mass is 10.0. The highest BCUT2D eigenvalue weighted by atomic mass is 35.5. The summed E-state index contributed by atoms with van der Waals surface area (Å²) in [5, 5.41) is 9.44. The van der Waals surface area contributed by atoms with E-state index >= 15 is 0 Å². The third-order valence-corrected chi connectivity index (χ3v) is 5.70. The van der Waals surface area contributed by atoms with Crippen molar-refractivity contribution in [1.82, 2.24) is 19.1 Å². The van der Waals surface area contributed by atoms with Gasteiger partial charge in [-0.1, -0.05) is 23.7 Å². The van der Waals surface area contributed by atoms with Gasteiger partial charge in [0.05, 0.1) is 11.3 Å². The highest BCUT2D eigenvalue weighted by Crippen LogP contribution is 2.52. The molecule has 0 N–H and O–H groups in total. The van der Waals surface area contributed by atoms with E-state index in [4.69, 9.17) is 21.0 Å². The van der Waals surface area contributed by atoms with Gasteiger partial charge in [0.25, 0.3) is 0 Å². The number of hydrogen-bond acceptors (Lipinski definition) is 5. The van der Waals surface area contributed by atoms with Crippen LogP contribution in [0.25, 0.3) is 5.82 Å². The minimum absolute atomic E-state index is 0.263. The first-order chi connectivity index (χ1) is 11.6. The lowest BCUT2D eigenvalue weighted by Gasteiger charge is -2.09. The predicted octanol–water partition coefficient (Wildman–Crippen LogP) is 3.83. The fourth-order valence-corrected chi connectivity index (χ4v) is 4.09. The topological polar surface area (TPSA) is 56.0 Å². The molecule has 7 heteroatoms. The van der Waals surface area contributed by atoms with E-state index in [1.807, 2.05) is 31.2 Å². The molecule has 1 aliphatic carbocycles. The summed E-state index contributed by atoms with van der Waals surface area (Å²) >= 11 is 7.56. The van der Waals surface area contributed by atoms with Crippen LogP contribution in [-0.2, 0) is 5.54 Å². The van der Waals surface area contributed by atoms with Gasteiger partial charge in [-0.2, -0.15) is 4.37 Å². The Morgan fingerprint density at radius 2 is 1.88 bits per heavy atom. The Bertz CT molecular complexity index is 995. The maximum absolute atomic E-state index is 6.07. The van der Waals surface area contributed by atoms with Crippen molar-refractivity contribution in [2.24, 2.45) is 4.99 Å². The lowest BCUT2D eigenvalue weighted by Crippen LogP contribution is -2.12. The van der Waals surface area contributed by atoms with E-state index in [1.54, 1.807) is 0 Å². The highest BCUT2D eigenvalue weighted by molar-refractivity contribution is 7.06. The Morgan fingerprint density at radius 1 is 1.12 bits per heavy atom. The van der Waals surface area contributed by atoms with Gasteiger partial charge in [-0.15, -0.1) is 10.2 Å². The molecule has 1 aliphatic heterocycles. The quantitative estimate of drug-likeness (QED) is 0.666. The maximum atomic E-state index is 6.07. The van der Waals surface area contributed by atoms with Crippen molar-refractivity contribution in [1.29, 1.82) is 0 Å². The second-order valence-electron chi connectivity index (χ2n) is 6.34. The normalized spacial score (nSPS) is 17.2. The summed E-state index contributed by atoms with van der Waals surface area (Å²) in [5.74, 6) is 2.67. The number of aliphatic imine (C=N–C) groups is 1. The van der Waals surface area contributed by atoms with Crippen molar-refractivity contribution in [3.8, 4) is 5.82 Å². The summed E-state index contributed by atoms with van der Waals surface area (Å²) in [6.07, 6.45) is 1.99. The van der Waals surface area contributed by atoms with Crippen molar-refractivity contribution in [2.75, 3.05) is 0 Å². The number of halogens is 1. The van der Waals surface area contributed by atoms with Crippen molar-refractivity contribution in [2.45, 2.75) is 32.2 Å². The van der Waals surface area contributed by atoms with E-state index in [-0.39, 0.29) is 5.54 Å². The molecular weight excluding hydrogens is 342 g/mol. The van der Waals surface area contributed by atoms with Crippen LogP contribution in [0, 0.1) is 13.8 Å². The standard InChI is InChI=1S/C17H14ClN5S/c1-9-13-14(11-3-5-12(18)6-4-11)19-17(7-8-17)16-21-20-10(2)23(16)15(13)22-24-9/h3-6H,7-8H2,1-2H3. The molecule has 0 saturated heterocycles. The van der Waals surface area contributed by atoms with E-state index in [1.165, 1.54) is 11.5 Å². The van der Waals surface area contributed by atoms with Gasteiger partial charge in [-0.3, -0.25) is 9.56 Å². The number of rotatable bonds is 1. The first-order valence-corrected chi connectivity index (χ1v) is 8.99. The predicted molar refractivity (Wildman–Crippen MR) is 94.5 cm³/mol. The van der Waals surface area contributed by atoms with Crippen molar-refractivity contribution >= 4 is 28.8 Å². The summed E-state index contributed by atoms with van der Waals surface area (Å²) in [6.45, 7) is 4.06. The second kappa shape index (κ2) is 4.74. The number of benzene rings is 1. The number of aromatic nitrogens is 4. The van der Waals surface area contributed by atoms with Gasteiger partial charge in [-0.05, 0) is 50.4 Å². The van der Waals surface area contributed by atoms with Gasteiger partial charge >= 0.3 is 0 Å². The fraction of sp³-hybridized carbons (Fsp3) is 0.294. The average molecular weight is 356 g/mol. The lowest BCUT2D eigenvalue weighted by molar-refractivity contribution is 0.657. The summed E-state index contributed by atoms with van der Waals surface area (Å²) in [5.41, 5.74) is 2.86. The molecule has 5 rings (SSSR count). The smallest absolute Gasteiger partial charge is 0.166 e. The molecule has 0 radical (unpaired) electrons. The van der Waals surface area contributed by atoms with Crippen LogP contribution in [0.4, 0.5) is 0 Å². The molecule has 2 aliphatic rings. The van der Waals surface area contributed by atoms with Gasteiger partial charge in [-0.25, -0.2) is 0 Å². The number of fused-ring (bicyclic) bond motifs is 4. The molecule has 120 valence electrons. The molecule has 1 aromatic carbocycles. The second-order valence-corrected chi connectivity index (χ2v) is 7.76. The highest BCUT2D eigenvalue weighted by Gasteiger charge is 2.51. The summed E-state index contributed by atoms with van der Waals surface area (Å²) in [6, 6.07) is 7.86. The molecule has 5 nitrogen and oxygen atoms in total. The average Bonchev–Trinajstić information content (AvgIpc) is 3.14. The molecule has 2 aromatic heterocycles. The summed E-state index contributed by atoms with van der Waals surface area (Å²) < 4.78 is 6.78. The van der Waals surface area contributed by atoms with Crippen LogP contribution in [0.15, 0.2) is 29.3 Å². The molecule has 3 heterocycles. The Balaban J connectivity index is 1.84. The zero-order chi connectivity index (χ0) is 16.5. The SMILES string of the molecule is Cc1snc2c1C(c1ccc(Cl)cc1)=NC1(CC1)c1nnc(C)n1-2. The Kier molecular flexibility index (Phi) is 2.82. The van der Waals surface area contributed by atoms with Crippen LogP contribution in [0.1, 0.15) is 40.5 Å². The minimum Gasteiger partial charge on any atom is -0.269 e. The molecule has 24 heavy (non-hydrogen) atoms. The van der Waals surface area contributed by atoms with E-state index in [0.717, 1.165) is 57.0 Å². The fourth-order valence-electron chi connectivity index (χ4n) is 3.29. The molecule has 0 unspecified atom stereocenters. The number of hydrogen-bond donors (Lipinski definition) is 0. The van der Waals surface area contributed by atoms with Gasteiger partial charge < -0.3 is 0 Å². The van der Waals surface area contributed by atoms with E-state index in [9.17, 15) is 0 Å². The van der Waals surface area contributed by atoms with Crippen LogP contribution < -0.4 is 0 Å². The van der Waals surface area contributed by atoms with Gasteiger partial charge in [0, 0.05) is 15.5 Å². The molecule has 1 saturated carbocycles. The zero-order valence-electron chi connectivity index (χ0n) is 13.2. The number of nitrogens with zero attached hydrogens (tertiary/aromatic N) is 5. The van der Waals surface area contributed by atoms with Crippen LogP contribution in [0.3, 0.4) is 0 Å². The van der Waals surface area contributed by atoms with Crippen LogP contribution in [0.2, 0.25) is 5.02 Å². The van der Waals surface area contributed by atoms with Crippen molar-refractivity contribution < 1.29 is 0 Å². The van der Waals surface area contributed by atoms with Crippen LogP contribution in [-0.4, -0.2) is 24.8 Å². The zero-order valence-corrected chi connectivity index (χ0v) is 14.8. The molecule has 1 spiro atoms. The third-order valence-electron chi connectivity index (χ3n) is 4.70. The van der Waals surface area contributed by atoms with Crippen molar-refractivity contribution in [3.05, 3.63) is 56.9 Å². The Morgan fingerprint density at radius 3 is 2.58 bits per heavy atom. The van der Waals surface area contributed by atoms with Gasteiger partial charge in [0.15, 0.2) is 11.6 Å². The van der Waals surface area contributed by atoms with Crippen molar-refractivity contribution in [3.63, 3.8) is 0 Å². The maximum Gasteiger partial charge on any atom is 0.166 e. The Hall–Kier alpha value is -2.05. The molecule has 0 bridgehead atoms. The van der Waals surface area contributed by atoms with E-state index in [2.05, 4.69) is 21.7 Å². The monoisotopic (exact) mass is 355 g/mol. The Labute approximate surface area is 148 Å². The third kappa shape index (κ3) is 1.87. The van der Waals surface area contributed by atoms with E-state index in [0.29, 0.717) is 0 Å². The minimum atomic E-state index is -0.263. The van der Waals surface area contributed by atoms with E-state index < -0.39 is 0 Å². The van der Waals surface area contributed by atoms with Gasteiger partial charge in [0.1, 0.15) is 11.4 Å². The first-order valence-electron chi connectivity index (χ1n) is 7.84. The largest absolute Gasteiger partial charge is 0.269 e. The molecule has 1 fully saturated rings.